The third-order valence-electron chi connectivity index (χ3n) is 3.62. The lowest BCUT2D eigenvalue weighted by Gasteiger charge is -2.25. The van der Waals surface area contributed by atoms with Gasteiger partial charge in [-0.1, -0.05) is 25.1 Å². The van der Waals surface area contributed by atoms with Gasteiger partial charge in [-0.05, 0) is 57.2 Å². The minimum absolute atomic E-state index is 0.755. The molecule has 0 saturated carbocycles. The van der Waals surface area contributed by atoms with Crippen molar-refractivity contribution < 1.29 is 0 Å². The SMILES string of the molecule is CCN(CCCC(C)CCN)c1ccccc1C. The Balaban J connectivity index is 2.46. The zero-order valence-electron chi connectivity index (χ0n) is 12.2. The number of hydrogen-bond acceptors (Lipinski definition) is 2. The highest BCUT2D eigenvalue weighted by atomic mass is 15.1. The molecular formula is C16H28N2. The van der Waals surface area contributed by atoms with Crippen LogP contribution in [0.1, 0.15) is 38.7 Å². The van der Waals surface area contributed by atoms with Gasteiger partial charge in [-0.3, -0.25) is 0 Å². The molecule has 1 unspecified atom stereocenters. The molecule has 0 fully saturated rings. The number of rotatable bonds is 8. The van der Waals surface area contributed by atoms with Crippen LogP contribution in [0.3, 0.4) is 0 Å². The summed E-state index contributed by atoms with van der Waals surface area (Å²) in [5, 5.41) is 0. The second-order valence-corrected chi connectivity index (χ2v) is 5.19. The minimum atomic E-state index is 0.755. The summed E-state index contributed by atoms with van der Waals surface area (Å²) in [6, 6.07) is 8.65. The van der Waals surface area contributed by atoms with E-state index in [1.807, 2.05) is 0 Å². The Morgan fingerprint density at radius 2 is 1.94 bits per heavy atom. The van der Waals surface area contributed by atoms with Crippen LogP contribution in [0.4, 0.5) is 5.69 Å². The number of anilines is 1. The molecule has 1 aromatic carbocycles. The van der Waals surface area contributed by atoms with Gasteiger partial charge in [-0.25, -0.2) is 0 Å². The maximum atomic E-state index is 5.59. The molecule has 2 N–H and O–H groups in total. The molecule has 0 aliphatic carbocycles. The highest BCUT2D eigenvalue weighted by Gasteiger charge is 2.07. The van der Waals surface area contributed by atoms with E-state index >= 15 is 0 Å². The lowest BCUT2D eigenvalue weighted by Crippen LogP contribution is -2.25. The zero-order valence-corrected chi connectivity index (χ0v) is 12.2. The predicted molar refractivity (Wildman–Crippen MR) is 81.1 cm³/mol. The summed E-state index contributed by atoms with van der Waals surface area (Å²) in [5.41, 5.74) is 8.34. The fourth-order valence-corrected chi connectivity index (χ4v) is 2.43. The van der Waals surface area contributed by atoms with Crippen molar-refractivity contribution in [3.8, 4) is 0 Å². The Labute approximate surface area is 112 Å². The standard InChI is InChI=1S/C16H28N2/c1-4-18(13-7-8-14(2)11-12-17)16-10-6-5-9-15(16)3/h5-6,9-10,14H,4,7-8,11-13,17H2,1-3H3. The van der Waals surface area contributed by atoms with Crippen molar-refractivity contribution in [2.24, 2.45) is 11.7 Å². The molecule has 2 nitrogen and oxygen atoms in total. The summed E-state index contributed by atoms with van der Waals surface area (Å²) in [4.78, 5) is 2.48. The molecule has 1 aromatic rings. The summed E-state index contributed by atoms with van der Waals surface area (Å²) in [7, 11) is 0. The quantitative estimate of drug-likeness (QED) is 0.762. The first-order chi connectivity index (χ1) is 8.69. The second kappa shape index (κ2) is 8.15. The Hall–Kier alpha value is -1.02. The van der Waals surface area contributed by atoms with E-state index < -0.39 is 0 Å². The number of para-hydroxylation sites is 1. The molecule has 0 radical (unpaired) electrons. The highest BCUT2D eigenvalue weighted by molar-refractivity contribution is 5.52. The van der Waals surface area contributed by atoms with Crippen LogP contribution in [-0.4, -0.2) is 19.6 Å². The molecule has 102 valence electrons. The van der Waals surface area contributed by atoms with Crippen LogP contribution in [-0.2, 0) is 0 Å². The molecule has 0 saturated heterocycles. The van der Waals surface area contributed by atoms with Crippen molar-refractivity contribution in [2.45, 2.75) is 40.0 Å². The van der Waals surface area contributed by atoms with Crippen molar-refractivity contribution in [2.75, 3.05) is 24.5 Å². The molecule has 1 rings (SSSR count). The molecule has 2 heteroatoms. The molecule has 18 heavy (non-hydrogen) atoms. The molecule has 1 atom stereocenters. The average Bonchev–Trinajstić information content (AvgIpc) is 2.36. The fourth-order valence-electron chi connectivity index (χ4n) is 2.43. The molecule has 0 aromatic heterocycles. The Morgan fingerprint density at radius 3 is 2.56 bits per heavy atom. The van der Waals surface area contributed by atoms with E-state index in [1.165, 1.54) is 24.1 Å². The van der Waals surface area contributed by atoms with E-state index in [0.29, 0.717) is 0 Å². The number of benzene rings is 1. The Morgan fingerprint density at radius 1 is 1.22 bits per heavy atom. The topological polar surface area (TPSA) is 29.3 Å². The van der Waals surface area contributed by atoms with Gasteiger partial charge in [0, 0.05) is 18.8 Å². The van der Waals surface area contributed by atoms with Crippen LogP contribution in [0, 0.1) is 12.8 Å². The normalized spacial score (nSPS) is 12.4. The zero-order chi connectivity index (χ0) is 13.4. The first-order valence-corrected chi connectivity index (χ1v) is 7.19. The van der Waals surface area contributed by atoms with E-state index in [0.717, 1.165) is 32.0 Å². The predicted octanol–water partition coefficient (Wildman–Crippen LogP) is 3.59. The van der Waals surface area contributed by atoms with Gasteiger partial charge < -0.3 is 10.6 Å². The molecule has 0 amide bonds. The first kappa shape index (κ1) is 15.0. The second-order valence-electron chi connectivity index (χ2n) is 5.19. The minimum Gasteiger partial charge on any atom is -0.372 e. The van der Waals surface area contributed by atoms with E-state index in [-0.39, 0.29) is 0 Å². The van der Waals surface area contributed by atoms with E-state index in [2.05, 4.69) is 49.9 Å². The van der Waals surface area contributed by atoms with Crippen molar-refractivity contribution >= 4 is 5.69 Å². The maximum Gasteiger partial charge on any atom is 0.0395 e. The van der Waals surface area contributed by atoms with E-state index in [9.17, 15) is 0 Å². The van der Waals surface area contributed by atoms with Gasteiger partial charge in [-0.15, -0.1) is 0 Å². The number of nitrogens with zero attached hydrogens (tertiary/aromatic N) is 1. The van der Waals surface area contributed by atoms with Gasteiger partial charge in [0.05, 0.1) is 0 Å². The first-order valence-electron chi connectivity index (χ1n) is 7.19. The molecule has 0 aliphatic heterocycles. The molecular weight excluding hydrogens is 220 g/mol. The average molecular weight is 248 g/mol. The van der Waals surface area contributed by atoms with Crippen LogP contribution < -0.4 is 10.6 Å². The lowest BCUT2D eigenvalue weighted by molar-refractivity contribution is 0.480. The largest absolute Gasteiger partial charge is 0.372 e. The van der Waals surface area contributed by atoms with Gasteiger partial charge in [0.1, 0.15) is 0 Å². The third-order valence-corrected chi connectivity index (χ3v) is 3.62. The number of aryl methyl sites for hydroxylation is 1. The summed E-state index contributed by atoms with van der Waals surface area (Å²) in [6.45, 7) is 9.77. The maximum absolute atomic E-state index is 5.59. The fraction of sp³-hybridized carbons (Fsp3) is 0.625. The highest BCUT2D eigenvalue weighted by Crippen LogP contribution is 2.20. The summed E-state index contributed by atoms with van der Waals surface area (Å²) >= 11 is 0. The summed E-state index contributed by atoms with van der Waals surface area (Å²) < 4.78 is 0. The molecule has 0 heterocycles. The third kappa shape index (κ3) is 4.69. The molecule has 0 bridgehead atoms. The Kier molecular flexibility index (Phi) is 6.81. The van der Waals surface area contributed by atoms with Crippen LogP contribution in [0.15, 0.2) is 24.3 Å². The molecule has 0 spiro atoms. The van der Waals surface area contributed by atoms with Crippen LogP contribution in [0.2, 0.25) is 0 Å². The van der Waals surface area contributed by atoms with E-state index in [1.54, 1.807) is 0 Å². The van der Waals surface area contributed by atoms with Gasteiger partial charge in [0.15, 0.2) is 0 Å². The number of hydrogen-bond donors (Lipinski definition) is 1. The van der Waals surface area contributed by atoms with Gasteiger partial charge in [0.25, 0.3) is 0 Å². The summed E-state index contributed by atoms with van der Waals surface area (Å²) in [5.74, 6) is 0.755. The molecule has 0 aliphatic rings. The van der Waals surface area contributed by atoms with E-state index in [4.69, 9.17) is 5.73 Å². The van der Waals surface area contributed by atoms with Gasteiger partial charge >= 0.3 is 0 Å². The smallest absolute Gasteiger partial charge is 0.0395 e. The monoisotopic (exact) mass is 248 g/mol. The van der Waals surface area contributed by atoms with Gasteiger partial charge in [0.2, 0.25) is 0 Å². The van der Waals surface area contributed by atoms with Gasteiger partial charge in [-0.2, -0.15) is 0 Å². The lowest BCUT2D eigenvalue weighted by atomic mass is 10.0. The van der Waals surface area contributed by atoms with Crippen LogP contribution >= 0.6 is 0 Å². The van der Waals surface area contributed by atoms with Crippen molar-refractivity contribution in [1.82, 2.24) is 0 Å². The van der Waals surface area contributed by atoms with Crippen molar-refractivity contribution in [1.29, 1.82) is 0 Å². The van der Waals surface area contributed by atoms with Crippen molar-refractivity contribution in [3.05, 3.63) is 29.8 Å². The number of nitrogens with two attached hydrogens (primary N) is 1. The van der Waals surface area contributed by atoms with Crippen LogP contribution in [0.5, 0.6) is 0 Å². The Bertz CT molecular complexity index is 336. The van der Waals surface area contributed by atoms with Crippen molar-refractivity contribution in [3.63, 3.8) is 0 Å². The summed E-state index contributed by atoms with van der Waals surface area (Å²) in [6.07, 6.45) is 3.68. The van der Waals surface area contributed by atoms with Crippen LogP contribution in [0.25, 0.3) is 0 Å².